The molecule has 1 amide bonds. The molecule has 0 fully saturated rings. The van der Waals surface area contributed by atoms with Crippen LogP contribution in [-0.4, -0.2) is 34.6 Å². The van der Waals surface area contributed by atoms with E-state index in [4.69, 9.17) is 4.74 Å². The summed E-state index contributed by atoms with van der Waals surface area (Å²) in [7, 11) is 0. The minimum absolute atomic E-state index is 0.0345. The van der Waals surface area contributed by atoms with E-state index in [9.17, 15) is 19.5 Å². The van der Waals surface area contributed by atoms with Gasteiger partial charge in [0.1, 0.15) is 11.6 Å². The predicted octanol–water partition coefficient (Wildman–Crippen LogP) is 6.16. The molecule has 2 N–H and O–H groups in total. The average molecular weight is 442 g/mol. The molecule has 0 aromatic heterocycles. The van der Waals surface area contributed by atoms with E-state index in [0.717, 1.165) is 19.3 Å². The lowest BCUT2D eigenvalue weighted by Gasteiger charge is -2.20. The first-order valence-electron chi connectivity index (χ1n) is 12.4. The standard InChI is InChI=1S/C25H47NO5/c1-5-6-7-8-9-10-11-12-13-14-15-16-17-18-22(27)26-21(24(29)30)19-20-23(28)31-25(2,3)4/h21H,5-20H2,1-4H3,(H,26,27)(H,29,30)/t21-/m0/s1. The molecule has 0 aliphatic rings. The number of carbonyl (C=O) groups is 3. The summed E-state index contributed by atoms with van der Waals surface area (Å²) in [5.74, 6) is -1.84. The highest BCUT2D eigenvalue weighted by molar-refractivity contribution is 5.84. The van der Waals surface area contributed by atoms with E-state index in [1.807, 2.05) is 0 Å². The Morgan fingerprint density at radius 2 is 1.23 bits per heavy atom. The smallest absolute Gasteiger partial charge is 0.326 e. The van der Waals surface area contributed by atoms with Crippen LogP contribution in [0, 0.1) is 0 Å². The fraction of sp³-hybridized carbons (Fsp3) is 0.880. The van der Waals surface area contributed by atoms with E-state index in [1.54, 1.807) is 20.8 Å². The highest BCUT2D eigenvalue weighted by Gasteiger charge is 2.23. The Labute approximate surface area is 189 Å². The number of esters is 1. The van der Waals surface area contributed by atoms with Gasteiger partial charge in [-0.15, -0.1) is 0 Å². The summed E-state index contributed by atoms with van der Waals surface area (Å²) in [6, 6.07) is -1.05. The van der Waals surface area contributed by atoms with Crippen molar-refractivity contribution in [3.05, 3.63) is 0 Å². The molecule has 0 saturated carbocycles. The first-order chi connectivity index (χ1) is 14.7. The van der Waals surface area contributed by atoms with Crippen molar-refractivity contribution in [3.8, 4) is 0 Å². The molecule has 0 rings (SSSR count). The molecule has 0 aromatic carbocycles. The van der Waals surface area contributed by atoms with Crippen molar-refractivity contribution in [2.24, 2.45) is 0 Å². The van der Waals surface area contributed by atoms with Crippen molar-refractivity contribution in [1.29, 1.82) is 0 Å². The molecule has 0 aliphatic heterocycles. The summed E-state index contributed by atoms with van der Waals surface area (Å²) < 4.78 is 5.18. The third-order valence-electron chi connectivity index (χ3n) is 5.20. The molecule has 0 bridgehead atoms. The lowest BCUT2D eigenvalue weighted by Crippen LogP contribution is -2.41. The highest BCUT2D eigenvalue weighted by Crippen LogP contribution is 2.13. The maximum Gasteiger partial charge on any atom is 0.326 e. The van der Waals surface area contributed by atoms with Gasteiger partial charge in [-0.25, -0.2) is 4.79 Å². The van der Waals surface area contributed by atoms with Crippen molar-refractivity contribution in [2.75, 3.05) is 0 Å². The number of hydrogen-bond acceptors (Lipinski definition) is 4. The van der Waals surface area contributed by atoms with Gasteiger partial charge in [-0.05, 0) is 33.6 Å². The number of carbonyl (C=O) groups excluding carboxylic acids is 2. The average Bonchev–Trinajstić information content (AvgIpc) is 2.67. The molecule has 0 unspecified atom stereocenters. The number of ether oxygens (including phenoxy) is 1. The molecule has 182 valence electrons. The van der Waals surface area contributed by atoms with Crippen molar-refractivity contribution in [3.63, 3.8) is 0 Å². The van der Waals surface area contributed by atoms with Gasteiger partial charge in [0.2, 0.25) is 5.91 Å². The Bertz CT molecular complexity index is 499. The van der Waals surface area contributed by atoms with Crippen LogP contribution in [0.3, 0.4) is 0 Å². The fourth-order valence-corrected chi connectivity index (χ4v) is 3.48. The van der Waals surface area contributed by atoms with Crippen LogP contribution in [0.2, 0.25) is 0 Å². The van der Waals surface area contributed by atoms with Crippen LogP contribution in [0.5, 0.6) is 0 Å². The zero-order chi connectivity index (χ0) is 23.5. The topological polar surface area (TPSA) is 92.7 Å². The van der Waals surface area contributed by atoms with Crippen molar-refractivity contribution in [1.82, 2.24) is 5.32 Å². The van der Waals surface area contributed by atoms with Gasteiger partial charge < -0.3 is 15.2 Å². The van der Waals surface area contributed by atoms with Gasteiger partial charge in [0.15, 0.2) is 0 Å². The largest absolute Gasteiger partial charge is 0.480 e. The van der Waals surface area contributed by atoms with Crippen LogP contribution in [-0.2, 0) is 19.1 Å². The first-order valence-corrected chi connectivity index (χ1v) is 12.4. The third-order valence-corrected chi connectivity index (χ3v) is 5.20. The van der Waals surface area contributed by atoms with Gasteiger partial charge in [-0.2, -0.15) is 0 Å². The van der Waals surface area contributed by atoms with Crippen molar-refractivity contribution < 1.29 is 24.2 Å². The highest BCUT2D eigenvalue weighted by atomic mass is 16.6. The number of nitrogens with one attached hydrogen (secondary N) is 1. The molecule has 0 spiro atoms. The number of rotatable bonds is 19. The second-order valence-corrected chi connectivity index (χ2v) is 9.58. The summed E-state index contributed by atoms with van der Waals surface area (Å²) in [5.41, 5.74) is -0.604. The van der Waals surface area contributed by atoms with Crippen LogP contribution in [0.4, 0.5) is 0 Å². The summed E-state index contributed by atoms with van der Waals surface area (Å²) in [4.78, 5) is 35.1. The zero-order valence-corrected chi connectivity index (χ0v) is 20.5. The molecule has 0 radical (unpaired) electrons. The van der Waals surface area contributed by atoms with Crippen LogP contribution in [0.15, 0.2) is 0 Å². The molecule has 0 heterocycles. The normalized spacial score (nSPS) is 12.4. The molecular weight excluding hydrogens is 394 g/mol. The Morgan fingerprint density at radius 3 is 1.65 bits per heavy atom. The Morgan fingerprint density at radius 1 is 0.774 bits per heavy atom. The molecule has 1 atom stereocenters. The Hall–Kier alpha value is -1.59. The second-order valence-electron chi connectivity index (χ2n) is 9.58. The first kappa shape index (κ1) is 29.4. The minimum Gasteiger partial charge on any atom is -0.480 e. The van der Waals surface area contributed by atoms with Gasteiger partial charge in [-0.1, -0.05) is 84.0 Å². The van der Waals surface area contributed by atoms with Crippen LogP contribution >= 0.6 is 0 Å². The molecular formula is C25H47NO5. The summed E-state index contributed by atoms with van der Waals surface area (Å²) in [5, 5.41) is 11.8. The number of carboxylic acid groups (broad SMARTS) is 1. The summed E-state index contributed by atoms with van der Waals surface area (Å²) in [6.07, 6.45) is 16.4. The number of aliphatic carboxylic acids is 1. The van der Waals surface area contributed by atoms with Gasteiger partial charge in [0.05, 0.1) is 0 Å². The molecule has 0 saturated heterocycles. The molecule has 31 heavy (non-hydrogen) atoms. The van der Waals surface area contributed by atoms with E-state index in [2.05, 4.69) is 12.2 Å². The third kappa shape index (κ3) is 20.1. The SMILES string of the molecule is CCCCCCCCCCCCCCCC(=O)N[C@@H](CCC(=O)OC(C)(C)C)C(=O)O. The number of unbranched alkanes of at least 4 members (excludes halogenated alkanes) is 12. The fourth-order valence-electron chi connectivity index (χ4n) is 3.48. The maximum atomic E-state index is 12.0. The second kappa shape index (κ2) is 18.0. The summed E-state index contributed by atoms with van der Waals surface area (Å²) in [6.45, 7) is 7.53. The lowest BCUT2D eigenvalue weighted by atomic mass is 10.0. The van der Waals surface area contributed by atoms with Crippen LogP contribution < -0.4 is 5.32 Å². The van der Waals surface area contributed by atoms with Gasteiger partial charge in [0.25, 0.3) is 0 Å². The Kier molecular flexibility index (Phi) is 17.1. The lowest BCUT2D eigenvalue weighted by molar-refractivity contribution is -0.155. The monoisotopic (exact) mass is 441 g/mol. The van der Waals surface area contributed by atoms with Crippen LogP contribution in [0.1, 0.15) is 130 Å². The van der Waals surface area contributed by atoms with Gasteiger partial charge in [-0.3, -0.25) is 9.59 Å². The van der Waals surface area contributed by atoms with Crippen molar-refractivity contribution >= 4 is 17.8 Å². The zero-order valence-electron chi connectivity index (χ0n) is 20.5. The Balaban J connectivity index is 3.74. The minimum atomic E-state index is -1.12. The van der Waals surface area contributed by atoms with E-state index < -0.39 is 23.6 Å². The summed E-state index contributed by atoms with van der Waals surface area (Å²) >= 11 is 0. The van der Waals surface area contributed by atoms with Gasteiger partial charge >= 0.3 is 11.9 Å². The van der Waals surface area contributed by atoms with E-state index in [1.165, 1.54) is 64.2 Å². The number of hydrogen-bond donors (Lipinski definition) is 2. The van der Waals surface area contributed by atoms with Crippen LogP contribution in [0.25, 0.3) is 0 Å². The molecule has 6 nitrogen and oxygen atoms in total. The maximum absolute atomic E-state index is 12.0. The molecule has 0 aliphatic carbocycles. The van der Waals surface area contributed by atoms with E-state index >= 15 is 0 Å². The quantitative estimate of drug-likeness (QED) is 0.185. The van der Waals surface area contributed by atoms with E-state index in [-0.39, 0.29) is 18.7 Å². The molecule has 6 heteroatoms. The van der Waals surface area contributed by atoms with Crippen molar-refractivity contribution in [2.45, 2.75) is 142 Å². The predicted molar refractivity (Wildman–Crippen MR) is 125 cm³/mol. The number of amides is 1. The number of carboxylic acids is 1. The molecule has 0 aromatic rings. The van der Waals surface area contributed by atoms with Gasteiger partial charge in [0, 0.05) is 12.8 Å². The van der Waals surface area contributed by atoms with E-state index in [0.29, 0.717) is 6.42 Å².